The molecule has 4 rings (SSSR count). The first-order valence-electron chi connectivity index (χ1n) is 8.01. The van der Waals surface area contributed by atoms with Crippen molar-refractivity contribution in [3.63, 3.8) is 0 Å². The van der Waals surface area contributed by atoms with Crippen LogP contribution >= 0.6 is 11.3 Å². The van der Waals surface area contributed by atoms with Crippen molar-refractivity contribution in [2.24, 2.45) is 0 Å². The summed E-state index contributed by atoms with van der Waals surface area (Å²) >= 11 is 1.67. The highest BCUT2D eigenvalue weighted by molar-refractivity contribution is 7.15. The van der Waals surface area contributed by atoms with Gasteiger partial charge in [-0.05, 0) is 54.5 Å². The van der Waals surface area contributed by atoms with Crippen LogP contribution in [-0.2, 0) is 12.8 Å². The number of hydrogen-bond donors (Lipinski definition) is 1. The highest BCUT2D eigenvalue weighted by Gasteiger charge is 2.28. The number of thiophene rings is 1. The van der Waals surface area contributed by atoms with Gasteiger partial charge in [0, 0.05) is 10.9 Å². The lowest BCUT2D eigenvalue weighted by molar-refractivity contribution is 0.0937. The second kappa shape index (κ2) is 5.79. The van der Waals surface area contributed by atoms with E-state index in [4.69, 9.17) is 0 Å². The van der Waals surface area contributed by atoms with Gasteiger partial charge in [0.2, 0.25) is 0 Å². The molecule has 22 heavy (non-hydrogen) atoms. The zero-order valence-corrected chi connectivity index (χ0v) is 13.2. The van der Waals surface area contributed by atoms with E-state index in [1.807, 2.05) is 0 Å². The van der Waals surface area contributed by atoms with E-state index < -0.39 is 0 Å². The molecule has 1 amide bonds. The van der Waals surface area contributed by atoms with Crippen molar-refractivity contribution >= 4 is 17.2 Å². The molecule has 0 bridgehead atoms. The number of aryl methyl sites for hydroxylation is 1. The van der Waals surface area contributed by atoms with Crippen LogP contribution in [0.1, 0.15) is 59.3 Å². The summed E-state index contributed by atoms with van der Waals surface area (Å²) in [5, 5.41) is 15.5. The Kier molecular flexibility index (Phi) is 3.65. The van der Waals surface area contributed by atoms with Crippen molar-refractivity contribution < 1.29 is 4.79 Å². The lowest BCUT2D eigenvalue weighted by Gasteiger charge is -2.15. The molecular weight excluding hydrogens is 298 g/mol. The molecule has 0 atom stereocenters. The minimum absolute atomic E-state index is 0.0526. The number of hydrogen-bond acceptors (Lipinski definition) is 5. The quantitative estimate of drug-likeness (QED) is 0.942. The molecule has 0 unspecified atom stereocenters. The van der Waals surface area contributed by atoms with Crippen LogP contribution in [0.15, 0.2) is 6.33 Å². The molecule has 0 saturated heterocycles. The van der Waals surface area contributed by atoms with Gasteiger partial charge in [0.25, 0.3) is 5.91 Å². The van der Waals surface area contributed by atoms with E-state index in [0.29, 0.717) is 6.04 Å². The van der Waals surface area contributed by atoms with Crippen molar-refractivity contribution in [2.45, 2.75) is 57.4 Å². The third kappa shape index (κ3) is 2.43. The zero-order valence-electron chi connectivity index (χ0n) is 12.4. The van der Waals surface area contributed by atoms with Crippen molar-refractivity contribution in [1.29, 1.82) is 0 Å². The molecule has 2 aliphatic carbocycles. The first-order valence-corrected chi connectivity index (χ1v) is 8.83. The molecule has 2 heterocycles. The number of nitrogens with zero attached hydrogens (tertiary/aromatic N) is 4. The van der Waals surface area contributed by atoms with E-state index in [0.717, 1.165) is 42.7 Å². The van der Waals surface area contributed by atoms with Gasteiger partial charge in [0.1, 0.15) is 11.3 Å². The van der Waals surface area contributed by atoms with E-state index in [2.05, 4.69) is 20.8 Å². The predicted molar refractivity (Wildman–Crippen MR) is 83.4 cm³/mol. The molecular formula is C15H19N5OS. The van der Waals surface area contributed by atoms with Crippen molar-refractivity contribution in [3.05, 3.63) is 22.3 Å². The van der Waals surface area contributed by atoms with Gasteiger partial charge >= 0.3 is 0 Å². The largest absolute Gasteiger partial charge is 0.349 e. The molecule has 1 N–H and O–H groups in total. The summed E-state index contributed by atoms with van der Waals surface area (Å²) in [4.78, 5) is 14.2. The molecule has 1 saturated carbocycles. The molecule has 2 aromatic rings. The van der Waals surface area contributed by atoms with Crippen LogP contribution in [-0.4, -0.2) is 32.2 Å². The maximum Gasteiger partial charge on any atom is 0.254 e. The summed E-state index contributed by atoms with van der Waals surface area (Å²) in [6, 6.07) is 0.327. The number of rotatable bonds is 3. The van der Waals surface area contributed by atoms with Crippen LogP contribution in [0.2, 0.25) is 0 Å². The van der Waals surface area contributed by atoms with E-state index >= 15 is 0 Å². The van der Waals surface area contributed by atoms with Gasteiger partial charge in [0.05, 0.1) is 5.56 Å². The Balaban J connectivity index is 1.72. The highest BCUT2D eigenvalue weighted by Crippen LogP contribution is 2.36. The summed E-state index contributed by atoms with van der Waals surface area (Å²) in [5.74, 6) is 0.0526. The van der Waals surface area contributed by atoms with Gasteiger partial charge in [-0.15, -0.1) is 16.4 Å². The van der Waals surface area contributed by atoms with E-state index in [1.54, 1.807) is 22.3 Å². The lowest BCUT2D eigenvalue weighted by Crippen LogP contribution is -2.33. The fourth-order valence-electron chi connectivity index (χ4n) is 3.53. The van der Waals surface area contributed by atoms with Gasteiger partial charge in [0.15, 0.2) is 0 Å². The summed E-state index contributed by atoms with van der Waals surface area (Å²) in [5.41, 5.74) is 2.02. The summed E-state index contributed by atoms with van der Waals surface area (Å²) in [6.07, 6.45) is 10.6. The molecule has 116 valence electrons. The van der Waals surface area contributed by atoms with Gasteiger partial charge < -0.3 is 5.32 Å². The Morgan fingerprint density at radius 2 is 2.05 bits per heavy atom. The standard InChI is InChI=1S/C15H19N5OS/c21-14(17-10-5-1-2-6-10)13-11-7-3-4-8-12(11)22-15(13)20-9-16-18-19-20/h9-10H,1-8H2,(H,17,21). The molecule has 0 aliphatic heterocycles. The number of aromatic nitrogens is 4. The lowest BCUT2D eigenvalue weighted by atomic mass is 9.95. The van der Waals surface area contributed by atoms with Crippen LogP contribution in [0.5, 0.6) is 0 Å². The Morgan fingerprint density at radius 1 is 1.23 bits per heavy atom. The Labute approximate surface area is 132 Å². The average molecular weight is 317 g/mol. The van der Waals surface area contributed by atoms with Gasteiger partial charge in [-0.1, -0.05) is 12.8 Å². The van der Waals surface area contributed by atoms with Crippen LogP contribution in [0, 0.1) is 0 Å². The smallest absolute Gasteiger partial charge is 0.254 e. The minimum atomic E-state index is 0.0526. The molecule has 2 aromatic heterocycles. The molecule has 2 aliphatic rings. The van der Waals surface area contributed by atoms with Gasteiger partial charge in [-0.2, -0.15) is 4.68 Å². The molecule has 6 nitrogen and oxygen atoms in total. The molecule has 1 fully saturated rings. The van der Waals surface area contributed by atoms with Crippen LogP contribution in [0.3, 0.4) is 0 Å². The van der Waals surface area contributed by atoms with E-state index in [-0.39, 0.29) is 5.91 Å². The number of nitrogens with one attached hydrogen (secondary N) is 1. The number of tetrazole rings is 1. The monoisotopic (exact) mass is 317 g/mol. The Bertz CT molecular complexity index is 672. The molecule has 0 spiro atoms. The van der Waals surface area contributed by atoms with E-state index in [1.165, 1.54) is 29.7 Å². The number of amides is 1. The van der Waals surface area contributed by atoms with E-state index in [9.17, 15) is 4.79 Å². The number of carbonyl (C=O) groups is 1. The van der Waals surface area contributed by atoms with Crippen LogP contribution in [0.4, 0.5) is 0 Å². The normalized spacial score (nSPS) is 18.4. The third-order valence-corrected chi connectivity index (χ3v) is 5.91. The first-order chi connectivity index (χ1) is 10.8. The number of carbonyl (C=O) groups excluding carboxylic acids is 1. The van der Waals surface area contributed by atoms with Crippen LogP contribution < -0.4 is 5.32 Å². The molecule has 7 heteroatoms. The van der Waals surface area contributed by atoms with Gasteiger partial charge in [-0.25, -0.2) is 0 Å². The van der Waals surface area contributed by atoms with Crippen molar-refractivity contribution in [1.82, 2.24) is 25.5 Å². The minimum Gasteiger partial charge on any atom is -0.349 e. The maximum absolute atomic E-state index is 12.9. The summed E-state index contributed by atoms with van der Waals surface area (Å²) in [6.45, 7) is 0. The average Bonchev–Trinajstić information content (AvgIpc) is 3.26. The number of fused-ring (bicyclic) bond motifs is 1. The molecule has 0 aromatic carbocycles. The Hall–Kier alpha value is -1.76. The highest BCUT2D eigenvalue weighted by atomic mass is 32.1. The third-order valence-electron chi connectivity index (χ3n) is 4.63. The second-order valence-corrected chi connectivity index (χ2v) is 7.18. The van der Waals surface area contributed by atoms with Crippen molar-refractivity contribution in [3.8, 4) is 5.00 Å². The topological polar surface area (TPSA) is 72.7 Å². The second-order valence-electron chi connectivity index (χ2n) is 6.10. The molecule has 0 radical (unpaired) electrons. The SMILES string of the molecule is O=C(NC1CCCC1)c1c(-n2cnnn2)sc2c1CCCC2. The zero-order chi connectivity index (χ0) is 14.9. The Morgan fingerprint density at radius 3 is 2.82 bits per heavy atom. The van der Waals surface area contributed by atoms with Gasteiger partial charge in [-0.3, -0.25) is 4.79 Å². The predicted octanol–water partition coefficient (Wildman–Crippen LogP) is 2.28. The maximum atomic E-state index is 12.9. The fourth-order valence-corrected chi connectivity index (χ4v) is 4.83. The first kappa shape index (κ1) is 13.9. The summed E-state index contributed by atoms with van der Waals surface area (Å²) in [7, 11) is 0. The van der Waals surface area contributed by atoms with Crippen molar-refractivity contribution in [2.75, 3.05) is 0 Å². The summed E-state index contributed by atoms with van der Waals surface area (Å²) < 4.78 is 1.63. The van der Waals surface area contributed by atoms with Crippen LogP contribution in [0.25, 0.3) is 5.00 Å². The fraction of sp³-hybridized carbons (Fsp3) is 0.600.